The van der Waals surface area contributed by atoms with Crippen LogP contribution in [0.4, 0.5) is 30.6 Å². The van der Waals surface area contributed by atoms with E-state index in [1.165, 1.54) is 0 Å². The first-order valence-corrected chi connectivity index (χ1v) is 9.14. The molecule has 3 N–H and O–H groups in total. The predicted molar refractivity (Wildman–Crippen MR) is 103 cm³/mol. The standard InChI is InChI=1S/C18H21F3N6O3/c1-10(11-5-12(18(19,20)21)7-13(6-11)27(29)30)23-16-14-8-26(2)9-15(14)24-17(25-16)22-3-4-28/h5-7,10,28H,3-4,8-9H2,1-2H3,(H2,22,23,24,25)/t10-/m1/s1. The average Bonchev–Trinajstić information content (AvgIpc) is 3.05. The van der Waals surface area contributed by atoms with E-state index in [4.69, 9.17) is 5.11 Å². The lowest BCUT2D eigenvalue weighted by Crippen LogP contribution is -2.15. The lowest BCUT2D eigenvalue weighted by Gasteiger charge is -2.19. The number of rotatable bonds is 7. The van der Waals surface area contributed by atoms with Gasteiger partial charge in [0.2, 0.25) is 5.95 Å². The van der Waals surface area contributed by atoms with Gasteiger partial charge in [-0.1, -0.05) is 0 Å². The summed E-state index contributed by atoms with van der Waals surface area (Å²) in [6, 6.07) is 1.83. The Bertz CT molecular complexity index is 953. The van der Waals surface area contributed by atoms with Crippen molar-refractivity contribution in [3.8, 4) is 0 Å². The van der Waals surface area contributed by atoms with E-state index in [0.717, 1.165) is 23.4 Å². The maximum atomic E-state index is 13.2. The van der Waals surface area contributed by atoms with Crippen molar-refractivity contribution in [1.29, 1.82) is 0 Å². The Morgan fingerprint density at radius 3 is 2.67 bits per heavy atom. The number of anilines is 2. The van der Waals surface area contributed by atoms with Gasteiger partial charge in [0.05, 0.1) is 28.8 Å². The summed E-state index contributed by atoms with van der Waals surface area (Å²) in [7, 11) is 1.89. The number of nitro benzene ring substituents is 1. The minimum absolute atomic E-state index is 0.111. The summed E-state index contributed by atoms with van der Waals surface area (Å²) >= 11 is 0. The molecule has 2 aromatic rings. The molecule has 0 spiro atoms. The van der Waals surface area contributed by atoms with E-state index in [9.17, 15) is 23.3 Å². The lowest BCUT2D eigenvalue weighted by atomic mass is 10.0. The van der Waals surface area contributed by atoms with Crippen LogP contribution in [-0.2, 0) is 19.3 Å². The van der Waals surface area contributed by atoms with Crippen molar-refractivity contribution in [2.75, 3.05) is 30.8 Å². The van der Waals surface area contributed by atoms with E-state index in [2.05, 4.69) is 20.6 Å². The number of aliphatic hydroxyl groups is 1. The van der Waals surface area contributed by atoms with Gasteiger partial charge in [0.25, 0.3) is 5.69 Å². The number of aliphatic hydroxyl groups excluding tert-OH is 1. The second-order valence-corrected chi connectivity index (χ2v) is 7.08. The minimum atomic E-state index is -4.71. The molecule has 12 heteroatoms. The Hall–Kier alpha value is -2.99. The van der Waals surface area contributed by atoms with Gasteiger partial charge >= 0.3 is 6.18 Å². The number of nitrogens with one attached hydrogen (secondary N) is 2. The number of aromatic nitrogens is 2. The van der Waals surface area contributed by atoms with Crippen LogP contribution in [0.2, 0.25) is 0 Å². The Morgan fingerprint density at radius 1 is 1.30 bits per heavy atom. The number of benzene rings is 1. The SMILES string of the molecule is C[C@@H](Nc1nc(NCCO)nc2c1CN(C)C2)c1cc([N+](=O)[O-])cc(C(F)(F)F)c1. The van der Waals surface area contributed by atoms with Crippen LogP contribution in [0.25, 0.3) is 0 Å². The van der Waals surface area contributed by atoms with Crippen molar-refractivity contribution in [2.24, 2.45) is 0 Å². The third-order valence-electron chi connectivity index (χ3n) is 4.67. The fourth-order valence-electron chi connectivity index (χ4n) is 3.22. The van der Waals surface area contributed by atoms with Gasteiger partial charge in [-0.15, -0.1) is 0 Å². The third kappa shape index (κ3) is 4.76. The summed E-state index contributed by atoms with van der Waals surface area (Å²) < 4.78 is 39.6. The topological polar surface area (TPSA) is 116 Å². The molecule has 9 nitrogen and oxygen atoms in total. The summed E-state index contributed by atoms with van der Waals surface area (Å²) in [6.45, 7) is 2.85. The number of nitro groups is 1. The first-order valence-electron chi connectivity index (χ1n) is 9.14. The Labute approximate surface area is 170 Å². The van der Waals surface area contributed by atoms with Crippen LogP contribution in [0.3, 0.4) is 0 Å². The number of halogens is 3. The lowest BCUT2D eigenvalue weighted by molar-refractivity contribution is -0.385. The third-order valence-corrected chi connectivity index (χ3v) is 4.67. The molecule has 1 aromatic heterocycles. The van der Waals surface area contributed by atoms with Gasteiger partial charge < -0.3 is 15.7 Å². The normalized spacial score (nSPS) is 15.0. The van der Waals surface area contributed by atoms with E-state index < -0.39 is 28.4 Å². The smallest absolute Gasteiger partial charge is 0.395 e. The molecule has 162 valence electrons. The fraction of sp³-hybridized carbons (Fsp3) is 0.444. The van der Waals surface area contributed by atoms with E-state index in [-0.39, 0.29) is 24.7 Å². The van der Waals surface area contributed by atoms with Gasteiger partial charge in [-0.3, -0.25) is 15.0 Å². The van der Waals surface area contributed by atoms with Gasteiger partial charge in [0, 0.05) is 37.3 Å². The number of hydrogen-bond acceptors (Lipinski definition) is 8. The molecular formula is C18H21F3N6O3. The molecule has 0 radical (unpaired) electrons. The largest absolute Gasteiger partial charge is 0.416 e. The monoisotopic (exact) mass is 426 g/mol. The van der Waals surface area contributed by atoms with Crippen molar-refractivity contribution in [2.45, 2.75) is 32.2 Å². The fourth-order valence-corrected chi connectivity index (χ4v) is 3.22. The van der Waals surface area contributed by atoms with Crippen molar-refractivity contribution in [3.63, 3.8) is 0 Å². The first-order chi connectivity index (χ1) is 14.1. The molecule has 1 atom stereocenters. The molecule has 3 rings (SSSR count). The molecule has 2 heterocycles. The summed E-state index contributed by atoms with van der Waals surface area (Å²) in [6.07, 6.45) is -4.71. The molecular weight excluding hydrogens is 405 g/mol. The second kappa shape index (κ2) is 8.40. The molecule has 1 aromatic carbocycles. The number of alkyl halides is 3. The quantitative estimate of drug-likeness (QED) is 0.457. The number of nitrogens with zero attached hydrogens (tertiary/aromatic N) is 4. The molecule has 0 saturated carbocycles. The highest BCUT2D eigenvalue weighted by atomic mass is 19.4. The highest BCUT2D eigenvalue weighted by Gasteiger charge is 2.33. The van der Waals surface area contributed by atoms with Crippen molar-refractivity contribution < 1.29 is 23.2 Å². The van der Waals surface area contributed by atoms with Gasteiger partial charge in [-0.05, 0) is 25.6 Å². The van der Waals surface area contributed by atoms with E-state index in [1.807, 2.05) is 11.9 Å². The highest BCUT2D eigenvalue weighted by molar-refractivity contribution is 5.54. The zero-order chi connectivity index (χ0) is 22.1. The van der Waals surface area contributed by atoms with Gasteiger partial charge in [0.1, 0.15) is 5.82 Å². The summed E-state index contributed by atoms with van der Waals surface area (Å²) in [5, 5.41) is 26.1. The average molecular weight is 426 g/mol. The van der Waals surface area contributed by atoms with E-state index in [0.29, 0.717) is 25.0 Å². The zero-order valence-corrected chi connectivity index (χ0v) is 16.3. The second-order valence-electron chi connectivity index (χ2n) is 7.08. The summed E-state index contributed by atoms with van der Waals surface area (Å²) in [5.74, 6) is 0.708. The molecule has 0 unspecified atom stereocenters. The molecule has 0 fully saturated rings. The van der Waals surface area contributed by atoms with Crippen LogP contribution < -0.4 is 10.6 Å². The van der Waals surface area contributed by atoms with Gasteiger partial charge in [-0.25, -0.2) is 4.98 Å². The molecule has 0 amide bonds. The van der Waals surface area contributed by atoms with Gasteiger partial charge in [-0.2, -0.15) is 18.2 Å². The molecule has 1 aliphatic heterocycles. The van der Waals surface area contributed by atoms with Crippen LogP contribution in [0.5, 0.6) is 0 Å². The van der Waals surface area contributed by atoms with Crippen LogP contribution in [0, 0.1) is 10.1 Å². The van der Waals surface area contributed by atoms with Crippen LogP contribution >= 0.6 is 0 Å². The number of fused-ring (bicyclic) bond motifs is 1. The van der Waals surface area contributed by atoms with Crippen LogP contribution in [0.15, 0.2) is 18.2 Å². The number of non-ortho nitro benzene ring substituents is 1. The molecule has 0 bridgehead atoms. The minimum Gasteiger partial charge on any atom is -0.395 e. The van der Waals surface area contributed by atoms with E-state index in [1.54, 1.807) is 6.92 Å². The first kappa shape index (κ1) is 21.7. The van der Waals surface area contributed by atoms with Crippen LogP contribution in [0.1, 0.15) is 35.3 Å². The Balaban J connectivity index is 1.96. The molecule has 0 aliphatic carbocycles. The zero-order valence-electron chi connectivity index (χ0n) is 16.3. The van der Waals surface area contributed by atoms with Gasteiger partial charge in [0.15, 0.2) is 0 Å². The predicted octanol–water partition coefficient (Wildman–Crippen LogP) is 2.93. The van der Waals surface area contributed by atoms with E-state index >= 15 is 0 Å². The molecule has 1 aliphatic rings. The highest BCUT2D eigenvalue weighted by Crippen LogP contribution is 2.35. The molecule has 30 heavy (non-hydrogen) atoms. The van der Waals surface area contributed by atoms with Crippen molar-refractivity contribution in [3.05, 3.63) is 50.7 Å². The maximum Gasteiger partial charge on any atom is 0.416 e. The summed E-state index contributed by atoms with van der Waals surface area (Å²) in [5.41, 5.74) is -0.0390. The molecule has 0 saturated heterocycles. The summed E-state index contributed by atoms with van der Waals surface area (Å²) in [4.78, 5) is 21.1. The van der Waals surface area contributed by atoms with Crippen molar-refractivity contribution >= 4 is 17.5 Å². The van der Waals surface area contributed by atoms with Crippen LogP contribution in [-0.4, -0.2) is 45.1 Å². The maximum absolute atomic E-state index is 13.2. The number of hydrogen-bond donors (Lipinski definition) is 3. The van der Waals surface area contributed by atoms with Crippen molar-refractivity contribution in [1.82, 2.24) is 14.9 Å². The Kier molecular flexibility index (Phi) is 6.08. The Morgan fingerprint density at radius 2 is 2.03 bits per heavy atom.